The molecule has 1 aromatic rings. The summed E-state index contributed by atoms with van der Waals surface area (Å²) < 4.78 is 5.36. The average molecular weight is 412 g/mol. The van der Waals surface area contributed by atoms with Gasteiger partial charge in [0.05, 0.1) is 13.2 Å². The Morgan fingerprint density at radius 1 is 0.867 bits per heavy atom. The highest BCUT2D eigenvalue weighted by molar-refractivity contribution is 5.94. The summed E-state index contributed by atoms with van der Waals surface area (Å²) in [6, 6.07) is 8.19. The average Bonchev–Trinajstić information content (AvgIpc) is 2.84. The van der Waals surface area contributed by atoms with Gasteiger partial charge in [0.1, 0.15) is 0 Å². The fourth-order valence-corrected chi connectivity index (χ4v) is 4.93. The van der Waals surface area contributed by atoms with E-state index in [1.807, 2.05) is 34.1 Å². The van der Waals surface area contributed by atoms with Crippen LogP contribution in [0, 0.1) is 5.92 Å². The van der Waals surface area contributed by atoms with Crippen LogP contribution in [-0.2, 0) is 9.53 Å². The van der Waals surface area contributed by atoms with Crippen molar-refractivity contribution in [3.05, 3.63) is 42.0 Å². The van der Waals surface area contributed by atoms with Crippen molar-refractivity contribution in [2.75, 3.05) is 52.5 Å². The molecule has 0 N–H and O–H groups in total. The second-order valence-corrected chi connectivity index (χ2v) is 8.60. The molecule has 0 aromatic heterocycles. The maximum Gasteiger partial charge on any atom is 0.253 e. The zero-order chi connectivity index (χ0) is 20.9. The van der Waals surface area contributed by atoms with Gasteiger partial charge in [0.15, 0.2) is 0 Å². The van der Waals surface area contributed by atoms with Crippen LogP contribution in [0.1, 0.15) is 41.6 Å². The monoisotopic (exact) mass is 411 g/mol. The number of amides is 2. The molecule has 4 rings (SSSR count). The standard InChI is InChI=1S/C24H33N3O3/c1-2-19-3-5-20(6-4-19)23(28)26-13-9-22(10-14-26)25-11-7-21(8-12-25)24(29)27-15-17-30-18-16-27/h2-6,21-22H,1,7-18H2. The normalized spacial score (nSPS) is 22.1. The number of hydrogen-bond donors (Lipinski definition) is 0. The molecule has 6 nitrogen and oxygen atoms in total. The first-order valence-electron chi connectivity index (χ1n) is 11.3. The lowest BCUT2D eigenvalue weighted by molar-refractivity contribution is -0.141. The molecule has 0 radical (unpaired) electrons. The predicted octanol–water partition coefficient (Wildman–Crippen LogP) is 2.51. The molecule has 3 aliphatic rings. The van der Waals surface area contributed by atoms with E-state index in [0.717, 1.165) is 76.1 Å². The van der Waals surface area contributed by atoms with E-state index in [1.54, 1.807) is 6.08 Å². The second kappa shape index (κ2) is 9.75. The van der Waals surface area contributed by atoms with Crippen molar-refractivity contribution >= 4 is 17.9 Å². The minimum Gasteiger partial charge on any atom is -0.378 e. The first-order valence-corrected chi connectivity index (χ1v) is 11.3. The Hall–Kier alpha value is -2.18. The summed E-state index contributed by atoms with van der Waals surface area (Å²) in [4.78, 5) is 32.0. The minimum absolute atomic E-state index is 0.124. The van der Waals surface area contributed by atoms with Gasteiger partial charge in [-0.3, -0.25) is 9.59 Å². The van der Waals surface area contributed by atoms with Crippen LogP contribution in [-0.4, -0.2) is 85.0 Å². The number of morpholine rings is 1. The molecule has 3 fully saturated rings. The maximum absolute atomic E-state index is 12.8. The summed E-state index contributed by atoms with van der Waals surface area (Å²) in [6.07, 6.45) is 5.71. The Balaban J connectivity index is 1.23. The number of rotatable bonds is 4. The van der Waals surface area contributed by atoms with Gasteiger partial charge in [0.25, 0.3) is 5.91 Å². The largest absolute Gasteiger partial charge is 0.378 e. The Morgan fingerprint density at radius 2 is 1.50 bits per heavy atom. The SMILES string of the molecule is C=Cc1ccc(C(=O)N2CCC(N3CCC(C(=O)N4CCOCC4)CC3)CC2)cc1. The highest BCUT2D eigenvalue weighted by Gasteiger charge is 2.33. The summed E-state index contributed by atoms with van der Waals surface area (Å²) in [5, 5.41) is 0. The van der Waals surface area contributed by atoms with E-state index in [4.69, 9.17) is 4.74 Å². The number of benzene rings is 1. The van der Waals surface area contributed by atoms with E-state index in [0.29, 0.717) is 25.2 Å². The fourth-order valence-electron chi connectivity index (χ4n) is 4.93. The third kappa shape index (κ3) is 4.76. The first-order chi connectivity index (χ1) is 14.7. The van der Waals surface area contributed by atoms with Gasteiger partial charge in [0, 0.05) is 43.7 Å². The van der Waals surface area contributed by atoms with Crippen LogP contribution >= 0.6 is 0 Å². The molecular weight excluding hydrogens is 378 g/mol. The maximum atomic E-state index is 12.8. The molecule has 1 aromatic carbocycles. The summed E-state index contributed by atoms with van der Waals surface area (Å²) in [6.45, 7) is 10.2. The predicted molar refractivity (Wildman–Crippen MR) is 117 cm³/mol. The van der Waals surface area contributed by atoms with E-state index in [1.165, 1.54) is 0 Å². The van der Waals surface area contributed by atoms with Crippen LogP contribution in [0.2, 0.25) is 0 Å². The van der Waals surface area contributed by atoms with E-state index in [-0.39, 0.29) is 11.8 Å². The number of nitrogens with zero attached hydrogens (tertiary/aromatic N) is 3. The number of carbonyl (C=O) groups is 2. The molecule has 162 valence electrons. The van der Waals surface area contributed by atoms with Crippen molar-refractivity contribution in [1.82, 2.24) is 14.7 Å². The van der Waals surface area contributed by atoms with Crippen molar-refractivity contribution in [2.24, 2.45) is 5.92 Å². The van der Waals surface area contributed by atoms with Crippen LogP contribution in [0.25, 0.3) is 6.08 Å². The third-order valence-corrected chi connectivity index (χ3v) is 6.86. The van der Waals surface area contributed by atoms with Crippen LogP contribution in [0.5, 0.6) is 0 Å². The Bertz CT molecular complexity index is 741. The molecular formula is C24H33N3O3. The van der Waals surface area contributed by atoms with Crippen molar-refractivity contribution in [3.63, 3.8) is 0 Å². The van der Waals surface area contributed by atoms with E-state index >= 15 is 0 Å². The fraction of sp³-hybridized carbons (Fsp3) is 0.583. The number of carbonyl (C=O) groups excluding carboxylic acids is 2. The van der Waals surface area contributed by atoms with Crippen LogP contribution in [0.4, 0.5) is 0 Å². The van der Waals surface area contributed by atoms with E-state index in [2.05, 4.69) is 11.5 Å². The van der Waals surface area contributed by atoms with Gasteiger partial charge in [-0.15, -0.1) is 0 Å². The smallest absolute Gasteiger partial charge is 0.253 e. The van der Waals surface area contributed by atoms with Crippen molar-refractivity contribution < 1.29 is 14.3 Å². The third-order valence-electron chi connectivity index (χ3n) is 6.86. The molecule has 0 atom stereocenters. The molecule has 2 amide bonds. The minimum atomic E-state index is 0.124. The zero-order valence-electron chi connectivity index (χ0n) is 17.8. The topological polar surface area (TPSA) is 53.1 Å². The summed E-state index contributed by atoms with van der Waals surface area (Å²) in [7, 11) is 0. The molecule has 0 aliphatic carbocycles. The lowest BCUT2D eigenvalue weighted by Gasteiger charge is -2.42. The molecule has 0 bridgehead atoms. The summed E-state index contributed by atoms with van der Waals surface area (Å²) in [5.41, 5.74) is 1.78. The Labute approximate surface area is 179 Å². The van der Waals surface area contributed by atoms with E-state index < -0.39 is 0 Å². The molecule has 6 heteroatoms. The summed E-state index contributed by atoms with van der Waals surface area (Å²) >= 11 is 0. The van der Waals surface area contributed by atoms with Crippen LogP contribution in [0.15, 0.2) is 30.8 Å². The second-order valence-electron chi connectivity index (χ2n) is 8.60. The number of hydrogen-bond acceptors (Lipinski definition) is 4. The van der Waals surface area contributed by atoms with Gasteiger partial charge in [-0.05, 0) is 56.5 Å². The molecule has 0 unspecified atom stereocenters. The zero-order valence-corrected chi connectivity index (χ0v) is 17.8. The lowest BCUT2D eigenvalue weighted by Crippen LogP contribution is -2.51. The summed E-state index contributed by atoms with van der Waals surface area (Å²) in [5.74, 6) is 0.610. The van der Waals surface area contributed by atoms with Crippen LogP contribution < -0.4 is 0 Å². The quantitative estimate of drug-likeness (QED) is 0.764. The van der Waals surface area contributed by atoms with Gasteiger partial charge in [-0.1, -0.05) is 24.8 Å². The highest BCUT2D eigenvalue weighted by atomic mass is 16.5. The molecule has 3 heterocycles. The first kappa shape index (κ1) is 21.1. The molecule has 0 saturated carbocycles. The molecule has 3 saturated heterocycles. The molecule has 3 aliphatic heterocycles. The van der Waals surface area contributed by atoms with Gasteiger partial charge in [-0.25, -0.2) is 0 Å². The van der Waals surface area contributed by atoms with Gasteiger partial charge >= 0.3 is 0 Å². The van der Waals surface area contributed by atoms with Gasteiger partial charge < -0.3 is 19.4 Å². The number of likely N-dealkylation sites (tertiary alicyclic amines) is 2. The van der Waals surface area contributed by atoms with Gasteiger partial charge in [0.2, 0.25) is 5.91 Å². The van der Waals surface area contributed by atoms with Gasteiger partial charge in [-0.2, -0.15) is 0 Å². The molecule has 0 spiro atoms. The number of ether oxygens (including phenoxy) is 1. The highest BCUT2D eigenvalue weighted by Crippen LogP contribution is 2.26. The lowest BCUT2D eigenvalue weighted by atomic mass is 9.92. The Morgan fingerprint density at radius 3 is 2.10 bits per heavy atom. The Kier molecular flexibility index (Phi) is 6.85. The van der Waals surface area contributed by atoms with E-state index in [9.17, 15) is 9.59 Å². The molecule has 30 heavy (non-hydrogen) atoms. The number of piperidine rings is 2. The van der Waals surface area contributed by atoms with Crippen molar-refractivity contribution in [1.29, 1.82) is 0 Å². The van der Waals surface area contributed by atoms with Crippen molar-refractivity contribution in [3.8, 4) is 0 Å². The van der Waals surface area contributed by atoms with Crippen molar-refractivity contribution in [2.45, 2.75) is 31.7 Å². The van der Waals surface area contributed by atoms with Crippen LogP contribution in [0.3, 0.4) is 0 Å².